The van der Waals surface area contributed by atoms with Crippen molar-refractivity contribution in [2.45, 2.75) is 49.7 Å². The third-order valence-corrected chi connectivity index (χ3v) is 6.81. The van der Waals surface area contributed by atoms with Crippen molar-refractivity contribution >= 4 is 28.4 Å². The van der Waals surface area contributed by atoms with Crippen LogP contribution in [0.2, 0.25) is 0 Å². The van der Waals surface area contributed by atoms with Crippen molar-refractivity contribution in [2.24, 2.45) is 5.73 Å². The zero-order valence-corrected chi connectivity index (χ0v) is 16.7. The van der Waals surface area contributed by atoms with Gasteiger partial charge in [0.2, 0.25) is 5.91 Å². The summed E-state index contributed by atoms with van der Waals surface area (Å²) in [7, 11) is 0. The summed E-state index contributed by atoms with van der Waals surface area (Å²) in [6, 6.07) is 1.95. The molecule has 1 atom stereocenters. The Balaban J connectivity index is 1.52. The number of likely N-dealkylation sites (tertiary alicyclic amines) is 1. The minimum absolute atomic E-state index is 0.0131. The molecule has 3 heterocycles. The van der Waals surface area contributed by atoms with Gasteiger partial charge in [0.05, 0.1) is 10.6 Å². The Bertz CT molecular complexity index is 973. The van der Waals surface area contributed by atoms with E-state index in [9.17, 15) is 22.8 Å². The molecular weight excluding hydrogens is 419 g/mol. The maximum Gasteiger partial charge on any atom is 0.399 e. The molecule has 1 aliphatic carbocycles. The molecular formula is C19H20F3N5O2S. The van der Waals surface area contributed by atoms with Crippen molar-refractivity contribution in [1.29, 1.82) is 0 Å². The van der Waals surface area contributed by atoms with Gasteiger partial charge in [0.15, 0.2) is 5.13 Å². The number of alkyl halides is 3. The highest BCUT2D eigenvalue weighted by molar-refractivity contribution is 7.19. The van der Waals surface area contributed by atoms with Crippen molar-refractivity contribution < 1.29 is 22.8 Å². The van der Waals surface area contributed by atoms with E-state index in [1.807, 2.05) is 0 Å². The van der Waals surface area contributed by atoms with Crippen molar-refractivity contribution in [3.8, 4) is 10.4 Å². The molecule has 3 amide bonds. The Labute approximate surface area is 174 Å². The molecule has 4 rings (SSSR count). The Morgan fingerprint density at radius 3 is 2.67 bits per heavy atom. The Morgan fingerprint density at radius 1 is 1.27 bits per heavy atom. The second kappa shape index (κ2) is 7.53. The molecule has 1 saturated heterocycles. The van der Waals surface area contributed by atoms with Crippen LogP contribution in [0.5, 0.6) is 0 Å². The average Bonchev–Trinajstić information content (AvgIpc) is 3.29. The molecule has 2 fully saturated rings. The first kappa shape index (κ1) is 20.6. The molecule has 30 heavy (non-hydrogen) atoms. The van der Waals surface area contributed by atoms with Gasteiger partial charge in [0.25, 0.3) is 0 Å². The fourth-order valence-electron chi connectivity index (χ4n) is 3.99. The van der Waals surface area contributed by atoms with Crippen LogP contribution >= 0.6 is 11.3 Å². The summed E-state index contributed by atoms with van der Waals surface area (Å²) in [5, 5.41) is 2.93. The van der Waals surface area contributed by atoms with Crippen LogP contribution in [-0.2, 0) is 10.2 Å². The number of aromatic nitrogens is 2. The van der Waals surface area contributed by atoms with E-state index in [0.29, 0.717) is 36.2 Å². The number of halogens is 3. The summed E-state index contributed by atoms with van der Waals surface area (Å²) >= 11 is 1.14. The van der Waals surface area contributed by atoms with E-state index in [0.717, 1.165) is 11.3 Å². The first-order chi connectivity index (χ1) is 14.2. The third-order valence-electron chi connectivity index (χ3n) is 5.85. The number of hydrogen-bond acceptors (Lipinski definition) is 5. The zero-order chi connectivity index (χ0) is 21.5. The predicted molar refractivity (Wildman–Crippen MR) is 105 cm³/mol. The van der Waals surface area contributed by atoms with E-state index in [1.54, 1.807) is 6.07 Å². The Hall–Kier alpha value is -2.69. The Morgan fingerprint density at radius 2 is 2.03 bits per heavy atom. The lowest BCUT2D eigenvalue weighted by Gasteiger charge is -2.42. The zero-order valence-electron chi connectivity index (χ0n) is 15.9. The number of carbonyl (C=O) groups is 2. The van der Waals surface area contributed by atoms with E-state index in [-0.39, 0.29) is 23.7 Å². The van der Waals surface area contributed by atoms with Gasteiger partial charge in [-0.1, -0.05) is 17.8 Å². The van der Waals surface area contributed by atoms with Gasteiger partial charge in [-0.05, 0) is 43.4 Å². The molecule has 1 aliphatic heterocycles. The molecule has 2 aromatic heterocycles. The van der Waals surface area contributed by atoms with E-state index in [4.69, 9.17) is 5.73 Å². The molecule has 2 aromatic rings. The number of nitrogens with zero attached hydrogens (tertiary/aromatic N) is 3. The van der Waals surface area contributed by atoms with Crippen LogP contribution in [0.4, 0.5) is 23.1 Å². The standard InChI is InChI=1S/C19H20F3N5O2S/c20-19(21,22)18(5-2-6-18)14-9-11(4-7-24-14)13-10-25-16(30-13)26-17(29)27-8-1-3-12(27)15(23)28/h4,7,9-10,12H,1-3,5-6,8H2,(H2,23,28)(H,25,26,29). The number of carbonyl (C=O) groups excluding carboxylic acids is 2. The number of rotatable bonds is 4. The molecule has 3 N–H and O–H groups in total. The molecule has 0 bridgehead atoms. The average molecular weight is 439 g/mol. The predicted octanol–water partition coefficient (Wildman–Crippen LogP) is 3.67. The van der Waals surface area contributed by atoms with Crippen LogP contribution in [0.15, 0.2) is 24.5 Å². The van der Waals surface area contributed by atoms with Gasteiger partial charge in [-0.3, -0.25) is 15.1 Å². The number of hydrogen-bond donors (Lipinski definition) is 2. The van der Waals surface area contributed by atoms with E-state index < -0.39 is 29.6 Å². The van der Waals surface area contributed by atoms with Gasteiger partial charge in [0, 0.05) is 18.9 Å². The monoisotopic (exact) mass is 439 g/mol. The quantitative estimate of drug-likeness (QED) is 0.759. The van der Waals surface area contributed by atoms with Crippen LogP contribution in [0, 0.1) is 0 Å². The number of anilines is 1. The summed E-state index contributed by atoms with van der Waals surface area (Å²) < 4.78 is 40.9. The molecule has 1 unspecified atom stereocenters. The lowest BCUT2D eigenvalue weighted by molar-refractivity contribution is -0.214. The smallest absolute Gasteiger partial charge is 0.368 e. The lowest BCUT2D eigenvalue weighted by Crippen LogP contribution is -2.48. The minimum Gasteiger partial charge on any atom is -0.368 e. The van der Waals surface area contributed by atoms with Crippen LogP contribution in [-0.4, -0.2) is 45.6 Å². The summed E-state index contributed by atoms with van der Waals surface area (Å²) in [5.74, 6) is -0.554. The third kappa shape index (κ3) is 3.51. The molecule has 11 heteroatoms. The highest BCUT2D eigenvalue weighted by Gasteiger charge is 2.60. The van der Waals surface area contributed by atoms with Crippen LogP contribution < -0.4 is 11.1 Å². The van der Waals surface area contributed by atoms with Gasteiger partial charge in [0.1, 0.15) is 11.5 Å². The maximum atomic E-state index is 13.6. The summed E-state index contributed by atoms with van der Waals surface area (Å²) in [6.45, 7) is 0.422. The molecule has 7 nitrogen and oxygen atoms in total. The van der Waals surface area contributed by atoms with E-state index in [2.05, 4.69) is 15.3 Å². The largest absolute Gasteiger partial charge is 0.399 e. The topological polar surface area (TPSA) is 101 Å². The van der Waals surface area contributed by atoms with Crippen LogP contribution in [0.25, 0.3) is 10.4 Å². The molecule has 0 radical (unpaired) electrons. The molecule has 160 valence electrons. The van der Waals surface area contributed by atoms with Crippen LogP contribution in [0.3, 0.4) is 0 Å². The number of urea groups is 1. The fourth-order valence-corrected chi connectivity index (χ4v) is 4.80. The molecule has 0 aromatic carbocycles. The minimum atomic E-state index is -4.35. The number of pyridine rings is 1. The van der Waals surface area contributed by atoms with E-state index in [1.165, 1.54) is 23.4 Å². The van der Waals surface area contributed by atoms with Crippen molar-refractivity contribution in [3.63, 3.8) is 0 Å². The normalized spacial score (nSPS) is 20.6. The highest BCUT2D eigenvalue weighted by atomic mass is 32.1. The van der Waals surface area contributed by atoms with Gasteiger partial charge in [-0.25, -0.2) is 9.78 Å². The molecule has 1 saturated carbocycles. The van der Waals surface area contributed by atoms with Crippen molar-refractivity contribution in [3.05, 3.63) is 30.2 Å². The second-order valence-corrected chi connectivity index (χ2v) is 8.61. The lowest BCUT2D eigenvalue weighted by atomic mass is 9.65. The first-order valence-corrected chi connectivity index (χ1v) is 10.4. The van der Waals surface area contributed by atoms with Gasteiger partial charge < -0.3 is 10.6 Å². The molecule has 2 aliphatic rings. The number of amides is 3. The SMILES string of the molecule is NC(=O)C1CCCN1C(=O)Nc1ncc(-c2ccnc(C3(C(F)(F)F)CCC3)c2)s1. The van der Waals surface area contributed by atoms with Gasteiger partial charge in [-0.15, -0.1) is 0 Å². The second-order valence-electron chi connectivity index (χ2n) is 7.58. The fraction of sp³-hybridized carbons (Fsp3) is 0.474. The maximum absolute atomic E-state index is 13.6. The Kier molecular flexibility index (Phi) is 5.16. The van der Waals surface area contributed by atoms with Crippen LogP contribution in [0.1, 0.15) is 37.8 Å². The van der Waals surface area contributed by atoms with Gasteiger partial charge in [-0.2, -0.15) is 13.2 Å². The van der Waals surface area contributed by atoms with Gasteiger partial charge >= 0.3 is 12.2 Å². The summed E-state index contributed by atoms with van der Waals surface area (Å²) in [6.07, 6.45) is 0.312. The van der Waals surface area contributed by atoms with E-state index >= 15 is 0 Å². The number of nitrogens with one attached hydrogen (secondary N) is 1. The van der Waals surface area contributed by atoms with Crippen molar-refractivity contribution in [1.82, 2.24) is 14.9 Å². The number of nitrogens with two attached hydrogens (primary N) is 1. The number of primary amides is 1. The molecule has 0 spiro atoms. The number of thiazole rings is 1. The van der Waals surface area contributed by atoms with Crippen molar-refractivity contribution in [2.75, 3.05) is 11.9 Å². The first-order valence-electron chi connectivity index (χ1n) is 9.58. The summed E-state index contributed by atoms with van der Waals surface area (Å²) in [5.41, 5.74) is 4.02. The summed E-state index contributed by atoms with van der Waals surface area (Å²) in [4.78, 5) is 34.1. The highest BCUT2D eigenvalue weighted by Crippen LogP contribution is 2.54.